The Bertz CT molecular complexity index is 268. The molecule has 2 heteroatoms. The monoisotopic (exact) mass is 268 g/mol. The van der Waals surface area contributed by atoms with E-state index in [9.17, 15) is 0 Å². The van der Waals surface area contributed by atoms with Gasteiger partial charge in [-0.3, -0.25) is 0 Å². The Morgan fingerprint density at radius 2 is 1.78 bits per heavy atom. The van der Waals surface area contributed by atoms with Crippen LogP contribution in [-0.2, 0) is 4.43 Å². The van der Waals surface area contributed by atoms with Crippen molar-refractivity contribution in [3.8, 4) is 0 Å². The summed E-state index contributed by atoms with van der Waals surface area (Å²) in [7, 11) is 0.831. The molecule has 0 spiro atoms. The normalized spacial score (nSPS) is 23.8. The first-order valence-electron chi connectivity index (χ1n) is 7.73. The maximum Gasteiger partial charge on any atom is 0.203 e. The van der Waals surface area contributed by atoms with Crippen LogP contribution in [-0.4, -0.2) is 10.5 Å². The summed E-state index contributed by atoms with van der Waals surface area (Å²) in [6.07, 6.45) is 11.8. The summed E-state index contributed by atoms with van der Waals surface area (Å²) in [6, 6.07) is 0. The Kier molecular flexibility index (Phi) is 6.48. The molecule has 1 nitrogen and oxygen atoms in total. The minimum Gasteiger partial charge on any atom is -0.556 e. The molecule has 0 N–H and O–H groups in total. The minimum absolute atomic E-state index is 0.379. The van der Waals surface area contributed by atoms with Crippen LogP contribution in [0.15, 0.2) is 11.8 Å². The van der Waals surface area contributed by atoms with Gasteiger partial charge in [0.25, 0.3) is 0 Å². The maximum atomic E-state index is 5.73. The molecule has 1 aliphatic rings. The lowest BCUT2D eigenvalue weighted by Gasteiger charge is -2.37. The smallest absolute Gasteiger partial charge is 0.203 e. The Morgan fingerprint density at radius 3 is 2.39 bits per heavy atom. The maximum absolute atomic E-state index is 5.73. The van der Waals surface area contributed by atoms with E-state index in [1.807, 2.05) is 0 Å². The van der Waals surface area contributed by atoms with Gasteiger partial charge in [-0.05, 0) is 36.2 Å². The molecular weight excluding hydrogens is 236 g/mol. The first-order valence-corrected chi connectivity index (χ1v) is 8.54. The first kappa shape index (κ1) is 15.8. The zero-order valence-electron chi connectivity index (χ0n) is 13.1. The quantitative estimate of drug-likeness (QED) is 0.697. The van der Waals surface area contributed by atoms with E-state index in [0.29, 0.717) is 11.3 Å². The highest BCUT2D eigenvalue weighted by molar-refractivity contribution is 5.98. The molecule has 1 aliphatic carbocycles. The van der Waals surface area contributed by atoms with Gasteiger partial charge in [-0.2, -0.15) is 0 Å². The molecule has 0 saturated carbocycles. The summed E-state index contributed by atoms with van der Waals surface area (Å²) in [5.41, 5.74) is 0.379. The van der Waals surface area contributed by atoms with Crippen LogP contribution in [0.2, 0.25) is 0 Å². The highest BCUT2D eigenvalue weighted by Crippen LogP contribution is 2.40. The van der Waals surface area contributed by atoms with Gasteiger partial charge in [0.05, 0.1) is 5.76 Å². The van der Waals surface area contributed by atoms with E-state index in [2.05, 4.69) is 33.8 Å². The molecule has 1 rings (SSSR count). The Labute approximate surface area is 117 Å². The van der Waals surface area contributed by atoms with Gasteiger partial charge in [0.15, 0.2) is 0 Å². The molecular formula is C16H32OSi. The van der Waals surface area contributed by atoms with Crippen LogP contribution < -0.4 is 0 Å². The molecule has 0 saturated heterocycles. The van der Waals surface area contributed by atoms with Gasteiger partial charge < -0.3 is 4.43 Å². The van der Waals surface area contributed by atoms with Crippen LogP contribution in [0.4, 0.5) is 0 Å². The van der Waals surface area contributed by atoms with Crippen molar-refractivity contribution in [3.05, 3.63) is 11.8 Å². The first-order chi connectivity index (χ1) is 8.48. The fourth-order valence-corrected chi connectivity index (χ4v) is 3.11. The topological polar surface area (TPSA) is 9.23 Å². The van der Waals surface area contributed by atoms with E-state index in [4.69, 9.17) is 4.43 Å². The van der Waals surface area contributed by atoms with Crippen molar-refractivity contribution in [1.82, 2.24) is 0 Å². The molecule has 1 unspecified atom stereocenters. The standard InChI is InChI=1S/C16H32OSi/c1-13(2)16(3,4)14-10-8-6-5-7-9-11-15(12-14)17-18/h12-14H,5-11H2,1-4,18H3. The van der Waals surface area contributed by atoms with Gasteiger partial charge in [0.1, 0.15) is 0 Å². The molecule has 1 atom stereocenters. The minimum atomic E-state index is 0.379. The summed E-state index contributed by atoms with van der Waals surface area (Å²) < 4.78 is 5.73. The average molecular weight is 269 g/mol. The van der Waals surface area contributed by atoms with Crippen LogP contribution in [0.5, 0.6) is 0 Å². The van der Waals surface area contributed by atoms with Gasteiger partial charge in [-0.25, -0.2) is 0 Å². The third-order valence-electron chi connectivity index (χ3n) is 5.03. The van der Waals surface area contributed by atoms with Gasteiger partial charge >= 0.3 is 0 Å². The van der Waals surface area contributed by atoms with E-state index >= 15 is 0 Å². The molecule has 0 bridgehead atoms. The fourth-order valence-electron chi connectivity index (χ4n) is 2.77. The van der Waals surface area contributed by atoms with Crippen LogP contribution in [0.3, 0.4) is 0 Å². The van der Waals surface area contributed by atoms with Crippen molar-refractivity contribution in [2.45, 2.75) is 72.6 Å². The van der Waals surface area contributed by atoms with Crippen LogP contribution >= 0.6 is 0 Å². The third-order valence-corrected chi connectivity index (χ3v) is 5.56. The lowest BCUT2D eigenvalue weighted by Crippen LogP contribution is -2.29. The SMILES string of the molecule is CC(C)C(C)(C)C1C=C(O[SiH3])CCCCCCC1. The van der Waals surface area contributed by atoms with Crippen molar-refractivity contribution >= 4 is 10.5 Å². The fraction of sp³-hybridized carbons (Fsp3) is 0.875. The molecule has 18 heavy (non-hydrogen) atoms. The third kappa shape index (κ3) is 4.45. The van der Waals surface area contributed by atoms with E-state index in [1.54, 1.807) is 0 Å². The second-order valence-electron chi connectivity index (χ2n) is 6.73. The van der Waals surface area contributed by atoms with Crippen LogP contribution in [0.25, 0.3) is 0 Å². The molecule has 0 radical (unpaired) electrons. The van der Waals surface area contributed by atoms with Crippen molar-refractivity contribution in [2.75, 3.05) is 0 Å². The summed E-state index contributed by atoms with van der Waals surface area (Å²) in [5.74, 6) is 2.68. The number of rotatable bonds is 3. The summed E-state index contributed by atoms with van der Waals surface area (Å²) in [6.45, 7) is 9.56. The van der Waals surface area contributed by atoms with Gasteiger partial charge in [-0.15, -0.1) is 0 Å². The Balaban J connectivity index is 2.87. The van der Waals surface area contributed by atoms with Crippen molar-refractivity contribution < 1.29 is 4.43 Å². The second kappa shape index (κ2) is 7.37. The van der Waals surface area contributed by atoms with Crippen molar-refractivity contribution in [1.29, 1.82) is 0 Å². The zero-order chi connectivity index (χ0) is 13.6. The largest absolute Gasteiger partial charge is 0.556 e. The number of allylic oxidation sites excluding steroid dienone is 2. The summed E-state index contributed by atoms with van der Waals surface area (Å²) >= 11 is 0. The Hall–Kier alpha value is -0.243. The van der Waals surface area contributed by atoms with Crippen molar-refractivity contribution in [2.24, 2.45) is 17.3 Å². The second-order valence-corrected chi connectivity index (χ2v) is 7.13. The lowest BCUT2D eigenvalue weighted by molar-refractivity contribution is 0.157. The van der Waals surface area contributed by atoms with Gasteiger partial charge in [0.2, 0.25) is 10.5 Å². The van der Waals surface area contributed by atoms with Gasteiger partial charge in [0, 0.05) is 6.42 Å². The van der Waals surface area contributed by atoms with E-state index in [1.165, 1.54) is 44.3 Å². The predicted octanol–water partition coefficient (Wildman–Crippen LogP) is 4.21. The molecule has 0 heterocycles. The highest BCUT2D eigenvalue weighted by atomic mass is 28.2. The predicted molar refractivity (Wildman–Crippen MR) is 83.5 cm³/mol. The van der Waals surface area contributed by atoms with Crippen LogP contribution in [0, 0.1) is 17.3 Å². The average Bonchev–Trinajstić information content (AvgIpc) is 2.34. The van der Waals surface area contributed by atoms with Gasteiger partial charge in [-0.1, -0.05) is 53.4 Å². The molecule has 0 amide bonds. The Morgan fingerprint density at radius 1 is 1.17 bits per heavy atom. The lowest BCUT2D eigenvalue weighted by atomic mass is 9.68. The highest BCUT2D eigenvalue weighted by Gasteiger charge is 2.31. The zero-order valence-corrected chi connectivity index (χ0v) is 15.1. The summed E-state index contributed by atoms with van der Waals surface area (Å²) in [5, 5.41) is 0. The summed E-state index contributed by atoms with van der Waals surface area (Å²) in [4.78, 5) is 0. The molecule has 0 aliphatic heterocycles. The van der Waals surface area contributed by atoms with E-state index in [0.717, 1.165) is 22.8 Å². The molecule has 0 fully saturated rings. The number of hydrogen-bond acceptors (Lipinski definition) is 1. The van der Waals surface area contributed by atoms with E-state index < -0.39 is 0 Å². The molecule has 0 aromatic rings. The van der Waals surface area contributed by atoms with Crippen molar-refractivity contribution in [3.63, 3.8) is 0 Å². The molecule has 0 aromatic heterocycles. The van der Waals surface area contributed by atoms with E-state index in [-0.39, 0.29) is 0 Å². The molecule has 106 valence electrons. The number of hydrogen-bond donors (Lipinski definition) is 0. The van der Waals surface area contributed by atoms with Crippen LogP contribution in [0.1, 0.15) is 72.6 Å². The molecule has 0 aromatic carbocycles.